The Morgan fingerprint density at radius 1 is 0.970 bits per heavy atom. The van der Waals surface area contributed by atoms with E-state index >= 15 is 0 Å². The van der Waals surface area contributed by atoms with Gasteiger partial charge in [0.25, 0.3) is 0 Å². The third kappa shape index (κ3) is 11.7. The number of hydrogen-bond acceptors (Lipinski definition) is 7. The number of unbranched alkanes of at least 4 members (excludes halogenated alkanes) is 1. The molecular formula is C22H35N5O5S. The average Bonchev–Trinajstić information content (AvgIpc) is 2.80. The molecule has 0 saturated carbocycles. The molecule has 3 atom stereocenters. The van der Waals surface area contributed by atoms with E-state index in [1.165, 1.54) is 11.8 Å². The lowest BCUT2D eigenvalue weighted by atomic mass is 10.0. The second-order valence-electron chi connectivity index (χ2n) is 7.60. The Labute approximate surface area is 198 Å². The van der Waals surface area contributed by atoms with Crippen molar-refractivity contribution in [3.63, 3.8) is 0 Å². The summed E-state index contributed by atoms with van der Waals surface area (Å²) in [6, 6.07) is 6.39. The van der Waals surface area contributed by atoms with Crippen molar-refractivity contribution in [1.29, 1.82) is 0 Å². The van der Waals surface area contributed by atoms with Crippen molar-refractivity contribution in [2.45, 2.75) is 50.2 Å². The van der Waals surface area contributed by atoms with Crippen LogP contribution in [0, 0.1) is 0 Å². The number of hydrogen-bond donors (Lipinski definition) is 6. The van der Waals surface area contributed by atoms with E-state index in [4.69, 9.17) is 16.6 Å². The second-order valence-corrected chi connectivity index (χ2v) is 8.58. The van der Waals surface area contributed by atoms with Gasteiger partial charge >= 0.3 is 5.97 Å². The summed E-state index contributed by atoms with van der Waals surface area (Å²) in [7, 11) is 0. The first-order valence-corrected chi connectivity index (χ1v) is 12.3. The zero-order chi connectivity index (χ0) is 24.6. The van der Waals surface area contributed by atoms with Crippen LogP contribution in [0.3, 0.4) is 0 Å². The van der Waals surface area contributed by atoms with Crippen molar-refractivity contribution in [2.75, 3.05) is 25.1 Å². The second kappa shape index (κ2) is 16.1. The Morgan fingerprint density at radius 2 is 1.64 bits per heavy atom. The molecule has 184 valence electrons. The maximum atomic E-state index is 13.0. The van der Waals surface area contributed by atoms with Gasteiger partial charge in [-0.2, -0.15) is 11.8 Å². The van der Waals surface area contributed by atoms with Gasteiger partial charge in [-0.1, -0.05) is 36.8 Å². The number of nitrogens with two attached hydrogens (primary N) is 2. The highest BCUT2D eigenvalue weighted by atomic mass is 32.2. The van der Waals surface area contributed by atoms with Crippen molar-refractivity contribution in [3.8, 4) is 0 Å². The van der Waals surface area contributed by atoms with Gasteiger partial charge in [0, 0.05) is 6.42 Å². The topological polar surface area (TPSA) is 177 Å². The molecule has 3 unspecified atom stereocenters. The van der Waals surface area contributed by atoms with E-state index in [1.807, 2.05) is 12.3 Å². The summed E-state index contributed by atoms with van der Waals surface area (Å²) in [6.07, 6.45) is 4.31. The van der Waals surface area contributed by atoms with Gasteiger partial charge in [0.1, 0.15) is 18.6 Å². The summed E-state index contributed by atoms with van der Waals surface area (Å²) in [5, 5.41) is 16.5. The predicted octanol–water partition coefficient (Wildman–Crippen LogP) is -0.391. The number of carboxylic acid groups (broad SMARTS) is 1. The highest BCUT2D eigenvalue weighted by molar-refractivity contribution is 7.98. The van der Waals surface area contributed by atoms with Crippen molar-refractivity contribution >= 4 is 35.5 Å². The Kier molecular flexibility index (Phi) is 13.8. The van der Waals surface area contributed by atoms with Crippen LogP contribution in [0.5, 0.6) is 0 Å². The monoisotopic (exact) mass is 481 g/mol. The zero-order valence-corrected chi connectivity index (χ0v) is 19.7. The largest absolute Gasteiger partial charge is 0.480 e. The summed E-state index contributed by atoms with van der Waals surface area (Å²) in [4.78, 5) is 49.0. The van der Waals surface area contributed by atoms with Gasteiger partial charge in [0.2, 0.25) is 17.7 Å². The highest BCUT2D eigenvalue weighted by Crippen LogP contribution is 2.07. The molecule has 0 aliphatic heterocycles. The average molecular weight is 482 g/mol. The minimum Gasteiger partial charge on any atom is -0.480 e. The van der Waals surface area contributed by atoms with Crippen LogP contribution in [0.4, 0.5) is 0 Å². The number of benzene rings is 1. The zero-order valence-electron chi connectivity index (χ0n) is 18.9. The van der Waals surface area contributed by atoms with Crippen molar-refractivity contribution in [1.82, 2.24) is 16.0 Å². The minimum absolute atomic E-state index is 0.166. The number of aliphatic carboxylic acids is 1. The van der Waals surface area contributed by atoms with E-state index in [0.29, 0.717) is 31.6 Å². The summed E-state index contributed by atoms with van der Waals surface area (Å²) in [6.45, 7) is -0.0515. The molecule has 0 aliphatic carbocycles. The fraction of sp³-hybridized carbons (Fsp3) is 0.545. The molecule has 0 aliphatic rings. The molecule has 11 heteroatoms. The molecule has 1 rings (SSSR count). The SMILES string of the molecule is CSCCC(NC(=O)C(N)CCCCN)C(=O)NC(Cc1ccccc1)C(=O)NCC(=O)O. The molecule has 10 nitrogen and oxygen atoms in total. The van der Waals surface area contributed by atoms with E-state index in [9.17, 15) is 19.2 Å². The number of nitrogens with one attached hydrogen (secondary N) is 3. The Bertz CT molecular complexity index is 765. The molecule has 0 aromatic heterocycles. The predicted molar refractivity (Wildman–Crippen MR) is 129 cm³/mol. The van der Waals surface area contributed by atoms with E-state index in [-0.39, 0.29) is 6.42 Å². The van der Waals surface area contributed by atoms with Crippen LogP contribution in [0.1, 0.15) is 31.2 Å². The lowest BCUT2D eigenvalue weighted by molar-refractivity contribution is -0.138. The van der Waals surface area contributed by atoms with E-state index in [2.05, 4.69) is 16.0 Å². The molecular weight excluding hydrogens is 446 g/mol. The van der Waals surface area contributed by atoms with Gasteiger partial charge in [0.05, 0.1) is 6.04 Å². The first kappa shape index (κ1) is 28.4. The van der Waals surface area contributed by atoms with Crippen LogP contribution in [0.25, 0.3) is 0 Å². The smallest absolute Gasteiger partial charge is 0.322 e. The van der Waals surface area contributed by atoms with E-state index in [1.54, 1.807) is 24.3 Å². The molecule has 0 saturated heterocycles. The first-order valence-electron chi connectivity index (χ1n) is 10.9. The van der Waals surface area contributed by atoms with Crippen LogP contribution in [0.15, 0.2) is 30.3 Å². The van der Waals surface area contributed by atoms with E-state index in [0.717, 1.165) is 12.0 Å². The van der Waals surface area contributed by atoms with Crippen molar-refractivity contribution in [3.05, 3.63) is 35.9 Å². The molecule has 1 aromatic rings. The fourth-order valence-corrected chi connectivity index (χ4v) is 3.51. The molecule has 3 amide bonds. The molecule has 0 fully saturated rings. The fourth-order valence-electron chi connectivity index (χ4n) is 3.04. The van der Waals surface area contributed by atoms with Crippen LogP contribution < -0.4 is 27.4 Å². The first-order chi connectivity index (χ1) is 15.8. The molecule has 0 spiro atoms. The molecule has 33 heavy (non-hydrogen) atoms. The third-order valence-electron chi connectivity index (χ3n) is 4.88. The van der Waals surface area contributed by atoms with Gasteiger partial charge in [0.15, 0.2) is 0 Å². The number of amides is 3. The van der Waals surface area contributed by atoms with Crippen LogP contribution in [-0.4, -0.2) is 72.0 Å². The number of rotatable bonds is 16. The van der Waals surface area contributed by atoms with Crippen molar-refractivity contribution < 1.29 is 24.3 Å². The minimum atomic E-state index is -1.19. The van der Waals surface area contributed by atoms with Gasteiger partial charge < -0.3 is 32.5 Å². The summed E-state index contributed by atoms with van der Waals surface area (Å²) >= 11 is 1.52. The molecule has 0 radical (unpaired) electrons. The Morgan fingerprint density at radius 3 is 2.24 bits per heavy atom. The number of thioether (sulfide) groups is 1. The number of carboxylic acids is 1. The van der Waals surface area contributed by atoms with Crippen LogP contribution >= 0.6 is 11.8 Å². The van der Waals surface area contributed by atoms with Gasteiger partial charge in [-0.05, 0) is 43.4 Å². The lowest BCUT2D eigenvalue weighted by Gasteiger charge is -2.24. The highest BCUT2D eigenvalue weighted by Gasteiger charge is 2.28. The van der Waals surface area contributed by atoms with Gasteiger partial charge in [-0.25, -0.2) is 0 Å². The Balaban J connectivity index is 2.90. The molecule has 8 N–H and O–H groups in total. The number of carbonyl (C=O) groups excluding carboxylic acids is 3. The number of carbonyl (C=O) groups is 4. The quantitative estimate of drug-likeness (QED) is 0.173. The summed E-state index contributed by atoms with van der Waals surface area (Å²) in [5.74, 6) is -2.18. The summed E-state index contributed by atoms with van der Waals surface area (Å²) < 4.78 is 0. The molecule has 0 bridgehead atoms. The van der Waals surface area contributed by atoms with Gasteiger partial charge in [-0.15, -0.1) is 0 Å². The standard InChI is InChI=1S/C22H35N5O5S/c1-33-12-10-17(26-20(30)16(24)9-5-6-11-23)22(32)27-18(21(31)25-14-19(28)29)13-15-7-3-2-4-8-15/h2-4,7-8,16-18H,5-6,9-14,23-24H2,1H3,(H,25,31)(H,26,30)(H,27,32)(H,28,29). The normalized spacial score (nSPS) is 13.4. The maximum absolute atomic E-state index is 13.0. The van der Waals surface area contributed by atoms with Crippen LogP contribution in [0.2, 0.25) is 0 Å². The van der Waals surface area contributed by atoms with Crippen LogP contribution in [-0.2, 0) is 25.6 Å². The molecule has 1 aromatic carbocycles. The molecule has 0 heterocycles. The van der Waals surface area contributed by atoms with Gasteiger partial charge in [-0.3, -0.25) is 19.2 Å². The summed E-state index contributed by atoms with van der Waals surface area (Å²) in [5.41, 5.74) is 12.2. The van der Waals surface area contributed by atoms with E-state index < -0.39 is 48.4 Å². The Hall–Kier alpha value is -2.63. The lowest BCUT2D eigenvalue weighted by Crippen LogP contribution is -2.56. The maximum Gasteiger partial charge on any atom is 0.322 e. The third-order valence-corrected chi connectivity index (χ3v) is 5.52. The van der Waals surface area contributed by atoms with Crippen molar-refractivity contribution in [2.24, 2.45) is 11.5 Å².